The van der Waals surface area contributed by atoms with Gasteiger partial charge in [-0.05, 0) is 5.53 Å². The summed E-state index contributed by atoms with van der Waals surface area (Å²) in [6.07, 6.45) is -7.50. The number of H-pyrrole nitrogens is 1. The van der Waals surface area contributed by atoms with Gasteiger partial charge in [0, 0.05) is 4.91 Å². The second kappa shape index (κ2) is 11.6. The van der Waals surface area contributed by atoms with Gasteiger partial charge in [-0.3, -0.25) is 37.0 Å². The Morgan fingerprint density at radius 1 is 0.936 bits per heavy atom. The van der Waals surface area contributed by atoms with Gasteiger partial charge in [-0.1, -0.05) is 5.11 Å². The lowest BCUT2D eigenvalue weighted by molar-refractivity contribution is -0.0670. The van der Waals surface area contributed by atoms with Gasteiger partial charge in [0.05, 0.1) is 25.9 Å². The summed E-state index contributed by atoms with van der Waals surface area (Å²) >= 11 is 0. The monoisotopic (exact) mass is 699 g/mol. The molecule has 25 nitrogen and oxygen atoms in total. The highest BCUT2D eigenvalue weighted by molar-refractivity contribution is 7.47. The summed E-state index contributed by atoms with van der Waals surface area (Å²) in [5, 5.41) is 14.7. The number of nitrogens with zero attached hydrogens (tertiary/aromatic N) is 10. The topological polar surface area (TPSA) is 358 Å². The zero-order chi connectivity index (χ0) is 33.2. The summed E-state index contributed by atoms with van der Waals surface area (Å²) in [6.45, 7) is -1.68. The minimum atomic E-state index is -5.15. The minimum Gasteiger partial charge on any atom is -0.387 e. The Morgan fingerprint density at radius 2 is 1.57 bits per heavy atom. The maximum absolute atomic E-state index is 13.3. The van der Waals surface area contributed by atoms with E-state index in [9.17, 15) is 34.3 Å². The molecule has 27 heteroatoms. The average Bonchev–Trinajstić information content (AvgIpc) is 3.76. The summed E-state index contributed by atoms with van der Waals surface area (Å²) in [7, 11) is -10.3. The molecule has 0 aliphatic carbocycles. The Bertz CT molecular complexity index is 2070. The van der Waals surface area contributed by atoms with Gasteiger partial charge in [0.25, 0.3) is 5.56 Å². The van der Waals surface area contributed by atoms with Crippen LogP contribution >= 0.6 is 15.6 Å². The van der Waals surface area contributed by atoms with E-state index in [1.165, 1.54) is 10.9 Å². The van der Waals surface area contributed by atoms with Gasteiger partial charge in [0.2, 0.25) is 5.95 Å². The smallest absolute Gasteiger partial charge is 0.387 e. The second-order valence-electron chi connectivity index (χ2n) is 10.3. The molecule has 0 aromatic carbocycles. The molecule has 47 heavy (non-hydrogen) atoms. The Labute approximate surface area is 259 Å². The van der Waals surface area contributed by atoms with Crippen molar-refractivity contribution in [2.45, 2.75) is 49.0 Å². The van der Waals surface area contributed by atoms with E-state index >= 15 is 0 Å². The number of azide groups is 1. The van der Waals surface area contributed by atoms with Crippen LogP contribution in [0.15, 0.2) is 28.9 Å². The molecule has 0 radical (unpaired) electrons. The van der Waals surface area contributed by atoms with Crippen molar-refractivity contribution in [3.63, 3.8) is 0 Å². The Morgan fingerprint density at radius 3 is 2.30 bits per heavy atom. The number of nitrogen functional groups attached to an aromatic ring is 2. The third-order valence-corrected chi connectivity index (χ3v) is 9.48. The van der Waals surface area contributed by atoms with E-state index < -0.39 is 83.4 Å². The van der Waals surface area contributed by atoms with Crippen molar-refractivity contribution in [1.29, 1.82) is 0 Å². The Hall–Kier alpha value is -4.09. The highest BCUT2D eigenvalue weighted by Gasteiger charge is 2.54. The van der Waals surface area contributed by atoms with Crippen LogP contribution in [0.25, 0.3) is 32.8 Å². The lowest BCUT2D eigenvalue weighted by atomic mass is 10.1. The fourth-order valence-corrected chi connectivity index (χ4v) is 7.38. The Balaban J connectivity index is 1.23. The standard InChI is InChI=1S/C20H23N13O12P2/c21-14-9-15(25-3-24-14)32(4-26-9)18-8(30-31-23)12-7(43-18)2-41-47(38,39)45-13-11(34)6(1-40-46(36,37)44-12)42-19(13)33-5-27-10-16(33)28-20(22)29-17(10)35/h3-8,11-13,18-19,34H,1-2H2,(H,36,37)(H,38,39)(H2,21,24,25)(H3,22,28,29,35)/t6-,7-,8+,11?,12?,13+,18-,19-/m1/s1. The van der Waals surface area contributed by atoms with Crippen molar-refractivity contribution >= 4 is 49.7 Å². The van der Waals surface area contributed by atoms with Crippen molar-refractivity contribution in [3.05, 3.63) is 39.8 Å². The zero-order valence-electron chi connectivity index (χ0n) is 23.3. The molecule has 7 rings (SSSR count). The van der Waals surface area contributed by atoms with Gasteiger partial charge < -0.3 is 35.8 Å². The number of hydrogen-bond acceptors (Lipinski definition) is 18. The van der Waals surface area contributed by atoms with E-state index in [0.29, 0.717) is 0 Å². The van der Waals surface area contributed by atoms with E-state index in [-0.39, 0.29) is 34.1 Å². The molecule has 7 heterocycles. The van der Waals surface area contributed by atoms with Crippen LogP contribution in [0.4, 0.5) is 11.8 Å². The molecule has 4 aromatic heterocycles. The van der Waals surface area contributed by atoms with E-state index in [0.717, 1.165) is 17.2 Å². The van der Waals surface area contributed by atoms with Crippen LogP contribution in [0.5, 0.6) is 0 Å². The summed E-state index contributed by atoms with van der Waals surface area (Å²) in [6, 6.07) is -1.43. The molecular weight excluding hydrogens is 676 g/mol. The molecule has 0 amide bonds. The molecular formula is C20H23N13O12P2. The molecule has 250 valence electrons. The maximum atomic E-state index is 13.3. The van der Waals surface area contributed by atoms with Crippen LogP contribution in [-0.2, 0) is 36.7 Å². The fraction of sp³-hybridized carbons (Fsp3) is 0.500. The first kappa shape index (κ1) is 31.5. The van der Waals surface area contributed by atoms with Crippen LogP contribution in [0, 0.1) is 0 Å². The number of rotatable bonds is 3. The second-order valence-corrected chi connectivity index (χ2v) is 13.2. The predicted octanol–water partition coefficient (Wildman–Crippen LogP) is -1.02. The van der Waals surface area contributed by atoms with Crippen molar-refractivity contribution in [1.82, 2.24) is 39.0 Å². The van der Waals surface area contributed by atoms with Crippen molar-refractivity contribution < 1.29 is 51.6 Å². The number of phosphoric acid groups is 2. The molecule has 0 spiro atoms. The van der Waals surface area contributed by atoms with Crippen LogP contribution in [0.3, 0.4) is 0 Å². The first-order chi connectivity index (χ1) is 22.4. The van der Waals surface area contributed by atoms with E-state index in [1.807, 2.05) is 0 Å². The average molecular weight is 699 g/mol. The number of aliphatic hydroxyl groups is 1. The number of fused-ring (bicyclic) bond motifs is 5. The van der Waals surface area contributed by atoms with Crippen molar-refractivity contribution in [3.8, 4) is 0 Å². The van der Waals surface area contributed by atoms with Crippen LogP contribution in [-0.4, -0.2) is 104 Å². The first-order valence-corrected chi connectivity index (χ1v) is 16.3. The number of hydrogen-bond donors (Lipinski definition) is 6. The van der Waals surface area contributed by atoms with Crippen LogP contribution in [0.2, 0.25) is 0 Å². The highest BCUT2D eigenvalue weighted by Crippen LogP contribution is 2.54. The number of ether oxygens (including phenoxy) is 2. The molecule has 0 saturated carbocycles. The molecule has 4 unspecified atom stereocenters. The quantitative estimate of drug-likeness (QED) is 0.0644. The summed E-state index contributed by atoms with van der Waals surface area (Å²) < 4.78 is 61.8. The van der Waals surface area contributed by atoms with Crippen LogP contribution < -0.4 is 17.0 Å². The summed E-state index contributed by atoms with van der Waals surface area (Å²) in [5.41, 5.74) is 20.1. The molecule has 3 aliphatic heterocycles. The molecule has 2 bridgehead atoms. The van der Waals surface area contributed by atoms with Crippen molar-refractivity contribution in [2.75, 3.05) is 24.7 Å². The summed E-state index contributed by atoms with van der Waals surface area (Å²) in [4.78, 5) is 58.9. The van der Waals surface area contributed by atoms with E-state index in [2.05, 4.69) is 39.9 Å². The van der Waals surface area contributed by atoms with Crippen molar-refractivity contribution in [2.24, 2.45) is 5.11 Å². The number of aliphatic hydroxyl groups excluding tert-OH is 1. The van der Waals surface area contributed by atoms with Gasteiger partial charge in [-0.15, -0.1) is 0 Å². The van der Waals surface area contributed by atoms with Gasteiger partial charge in [-0.2, -0.15) is 4.98 Å². The number of nitrogens with one attached hydrogen (secondary N) is 1. The number of nitrogens with two attached hydrogens (primary N) is 2. The fourth-order valence-electron chi connectivity index (χ4n) is 5.48. The van der Waals surface area contributed by atoms with Gasteiger partial charge in [0.1, 0.15) is 54.6 Å². The van der Waals surface area contributed by atoms with E-state index in [1.54, 1.807) is 0 Å². The molecule has 8 N–H and O–H groups in total. The zero-order valence-corrected chi connectivity index (χ0v) is 25.1. The highest BCUT2D eigenvalue weighted by atomic mass is 31.2. The predicted molar refractivity (Wildman–Crippen MR) is 150 cm³/mol. The lowest BCUT2D eigenvalue weighted by Crippen LogP contribution is -2.35. The SMILES string of the molecule is [N-]=[N+]=N[C@H]1C2OP(=O)(O)OC[C@H]3O[C@@H](n4cnc5c(=O)[nH]c(N)nc54)[C@@H](OP(=O)(O)OC[C@H]2O[C@H]1n1cnc2c(N)ncnc21)C3O. The number of aromatic amines is 1. The van der Waals surface area contributed by atoms with E-state index in [4.69, 9.17) is 39.0 Å². The molecule has 3 saturated heterocycles. The molecule has 10 atom stereocenters. The maximum Gasteiger partial charge on any atom is 0.472 e. The van der Waals surface area contributed by atoms with Gasteiger partial charge in [0.15, 0.2) is 28.9 Å². The number of anilines is 2. The molecule has 3 fully saturated rings. The Kier molecular flexibility index (Phi) is 7.75. The number of phosphoric ester groups is 2. The van der Waals surface area contributed by atoms with Crippen LogP contribution in [0.1, 0.15) is 12.5 Å². The molecule has 4 aromatic rings. The number of imidazole rings is 2. The van der Waals surface area contributed by atoms with Gasteiger partial charge >= 0.3 is 15.6 Å². The third-order valence-electron chi connectivity index (χ3n) is 7.51. The first-order valence-electron chi connectivity index (χ1n) is 13.4. The lowest BCUT2D eigenvalue weighted by Gasteiger charge is -2.26. The third kappa shape index (κ3) is 5.63. The normalized spacial score (nSPS) is 36.3. The largest absolute Gasteiger partial charge is 0.472 e. The number of aromatic nitrogens is 8. The minimum absolute atomic E-state index is 0.0212. The molecule has 3 aliphatic rings. The summed E-state index contributed by atoms with van der Waals surface area (Å²) in [5.74, 6) is -0.271. The van der Waals surface area contributed by atoms with Gasteiger partial charge in [-0.25, -0.2) is 29.1 Å².